The summed E-state index contributed by atoms with van der Waals surface area (Å²) in [7, 11) is 0. The molecule has 4 heteroatoms. The maximum atomic E-state index is 11.5. The molecule has 0 saturated carbocycles. The Bertz CT molecular complexity index is 312. The van der Waals surface area contributed by atoms with Crippen LogP contribution in [0.3, 0.4) is 0 Å². The van der Waals surface area contributed by atoms with Crippen LogP contribution in [0.4, 0.5) is 5.69 Å². The first kappa shape index (κ1) is 11.8. The van der Waals surface area contributed by atoms with Crippen LogP contribution in [0.5, 0.6) is 0 Å². The first-order chi connectivity index (χ1) is 6.63. The zero-order valence-corrected chi connectivity index (χ0v) is 11.1. The van der Waals surface area contributed by atoms with E-state index in [-0.39, 0.29) is 11.2 Å². The Morgan fingerprint density at radius 3 is 2.50 bits per heavy atom. The number of nitrogens with one attached hydrogen (secondary N) is 1. The smallest absolute Gasteiger partial charge is 0.237 e. The van der Waals surface area contributed by atoms with Crippen LogP contribution in [0.15, 0.2) is 24.3 Å². The molecule has 1 atom stereocenters. The highest BCUT2D eigenvalue weighted by Gasteiger charge is 2.10. The molecule has 1 amide bonds. The van der Waals surface area contributed by atoms with Gasteiger partial charge in [0.1, 0.15) is 0 Å². The average molecular weight is 321 g/mol. The van der Waals surface area contributed by atoms with Gasteiger partial charge in [-0.3, -0.25) is 4.79 Å². The Hall–Kier alpha value is -0.230. The van der Waals surface area contributed by atoms with Crippen molar-refractivity contribution < 1.29 is 4.79 Å². The lowest BCUT2D eigenvalue weighted by atomic mass is 10.3. The zero-order valence-electron chi connectivity index (χ0n) is 8.08. The number of hydrogen-bond donors (Lipinski definition) is 1. The van der Waals surface area contributed by atoms with Crippen LogP contribution in [0.25, 0.3) is 0 Å². The normalized spacial score (nSPS) is 12.2. The van der Waals surface area contributed by atoms with Gasteiger partial charge in [0, 0.05) is 9.26 Å². The summed E-state index contributed by atoms with van der Waals surface area (Å²) in [6, 6.07) is 7.76. The molecule has 0 saturated heterocycles. The van der Waals surface area contributed by atoms with E-state index >= 15 is 0 Å². The van der Waals surface area contributed by atoms with E-state index in [1.807, 2.05) is 37.4 Å². The Morgan fingerprint density at radius 2 is 2.00 bits per heavy atom. The minimum atomic E-state index is -0.00530. The SMILES string of the molecule is CS[C@@H](C)C(=O)Nc1ccc(I)cc1. The van der Waals surface area contributed by atoms with Gasteiger partial charge in [0.2, 0.25) is 5.91 Å². The summed E-state index contributed by atoms with van der Waals surface area (Å²) < 4.78 is 1.17. The molecule has 0 aliphatic heterocycles. The van der Waals surface area contributed by atoms with Crippen LogP contribution >= 0.6 is 34.4 Å². The summed E-state index contributed by atoms with van der Waals surface area (Å²) in [6.07, 6.45) is 1.93. The molecule has 2 nitrogen and oxygen atoms in total. The molecule has 0 aliphatic carbocycles. The molecule has 76 valence electrons. The van der Waals surface area contributed by atoms with Crippen LogP contribution in [-0.4, -0.2) is 17.4 Å². The molecule has 1 rings (SSSR count). The molecular formula is C10H12INOS. The van der Waals surface area contributed by atoms with Crippen molar-refractivity contribution in [2.24, 2.45) is 0 Å². The first-order valence-corrected chi connectivity index (χ1v) is 6.59. The highest BCUT2D eigenvalue weighted by Crippen LogP contribution is 2.13. The molecule has 1 aromatic rings. The van der Waals surface area contributed by atoms with Gasteiger partial charge in [-0.2, -0.15) is 11.8 Å². The summed E-state index contributed by atoms with van der Waals surface area (Å²) in [5, 5.41) is 2.85. The van der Waals surface area contributed by atoms with Gasteiger partial charge in [0.05, 0.1) is 5.25 Å². The number of carbonyl (C=O) groups excluding carboxylic acids is 1. The second kappa shape index (κ2) is 5.60. The van der Waals surface area contributed by atoms with Crippen molar-refractivity contribution in [2.45, 2.75) is 12.2 Å². The fraction of sp³-hybridized carbons (Fsp3) is 0.300. The van der Waals surface area contributed by atoms with Gasteiger partial charge in [0.15, 0.2) is 0 Å². The van der Waals surface area contributed by atoms with Gasteiger partial charge >= 0.3 is 0 Å². The quantitative estimate of drug-likeness (QED) is 0.867. The lowest BCUT2D eigenvalue weighted by Gasteiger charge is -2.09. The minimum absolute atomic E-state index is 0.00530. The van der Waals surface area contributed by atoms with Crippen molar-refractivity contribution in [3.05, 3.63) is 27.8 Å². The van der Waals surface area contributed by atoms with Gasteiger partial charge in [-0.15, -0.1) is 0 Å². The van der Waals surface area contributed by atoms with Crippen LogP contribution in [0, 0.1) is 3.57 Å². The monoisotopic (exact) mass is 321 g/mol. The summed E-state index contributed by atoms with van der Waals surface area (Å²) in [5.74, 6) is 0.0544. The third kappa shape index (κ3) is 3.49. The lowest BCUT2D eigenvalue weighted by Crippen LogP contribution is -2.21. The fourth-order valence-corrected chi connectivity index (χ4v) is 1.52. The second-order valence-corrected chi connectivity index (χ2v) is 5.30. The van der Waals surface area contributed by atoms with E-state index < -0.39 is 0 Å². The lowest BCUT2D eigenvalue weighted by molar-refractivity contribution is -0.115. The number of anilines is 1. The van der Waals surface area contributed by atoms with Gasteiger partial charge in [-0.25, -0.2) is 0 Å². The molecule has 0 bridgehead atoms. The minimum Gasteiger partial charge on any atom is -0.325 e. The summed E-state index contributed by atoms with van der Waals surface area (Å²) >= 11 is 3.78. The summed E-state index contributed by atoms with van der Waals surface area (Å²) in [4.78, 5) is 11.5. The predicted octanol–water partition coefficient (Wildman–Crippen LogP) is 2.98. The summed E-state index contributed by atoms with van der Waals surface area (Å²) in [5.41, 5.74) is 0.858. The summed E-state index contributed by atoms with van der Waals surface area (Å²) in [6.45, 7) is 1.90. The van der Waals surface area contributed by atoms with Gasteiger partial charge in [0.25, 0.3) is 0 Å². The van der Waals surface area contributed by atoms with Crippen molar-refractivity contribution >= 4 is 45.9 Å². The van der Waals surface area contributed by atoms with Gasteiger partial charge < -0.3 is 5.32 Å². The first-order valence-electron chi connectivity index (χ1n) is 4.22. The number of hydrogen-bond acceptors (Lipinski definition) is 2. The fourth-order valence-electron chi connectivity index (χ4n) is 0.884. The number of thioether (sulfide) groups is 1. The molecule has 0 radical (unpaired) electrons. The van der Waals surface area contributed by atoms with Crippen LogP contribution in [-0.2, 0) is 4.79 Å². The molecule has 0 aromatic heterocycles. The molecule has 0 unspecified atom stereocenters. The highest BCUT2D eigenvalue weighted by atomic mass is 127. The molecule has 1 N–H and O–H groups in total. The second-order valence-electron chi connectivity index (χ2n) is 2.87. The van der Waals surface area contributed by atoms with E-state index in [0.717, 1.165) is 5.69 Å². The molecule has 0 aliphatic rings. The number of amides is 1. The van der Waals surface area contributed by atoms with E-state index in [4.69, 9.17) is 0 Å². The average Bonchev–Trinajstić information content (AvgIpc) is 2.20. The number of rotatable bonds is 3. The molecule has 14 heavy (non-hydrogen) atoms. The van der Waals surface area contributed by atoms with E-state index in [0.29, 0.717) is 0 Å². The van der Waals surface area contributed by atoms with Crippen molar-refractivity contribution in [3.8, 4) is 0 Å². The topological polar surface area (TPSA) is 29.1 Å². The van der Waals surface area contributed by atoms with E-state index in [2.05, 4.69) is 27.9 Å². The number of carbonyl (C=O) groups is 1. The maximum Gasteiger partial charge on any atom is 0.237 e. The molecular weight excluding hydrogens is 309 g/mol. The number of halogens is 1. The Kier molecular flexibility index (Phi) is 4.74. The van der Waals surface area contributed by atoms with Crippen LogP contribution < -0.4 is 5.32 Å². The number of benzene rings is 1. The molecule has 0 heterocycles. The van der Waals surface area contributed by atoms with Gasteiger partial charge in [-0.05, 0) is 60.0 Å². The van der Waals surface area contributed by atoms with Crippen molar-refractivity contribution in [1.29, 1.82) is 0 Å². The Morgan fingerprint density at radius 1 is 1.43 bits per heavy atom. The van der Waals surface area contributed by atoms with Crippen molar-refractivity contribution in [1.82, 2.24) is 0 Å². The van der Waals surface area contributed by atoms with E-state index in [1.165, 1.54) is 3.57 Å². The largest absolute Gasteiger partial charge is 0.325 e. The molecule has 0 fully saturated rings. The standard InChI is InChI=1S/C10H12INOS/c1-7(14-2)10(13)12-9-5-3-8(11)4-6-9/h3-7H,1-2H3,(H,12,13)/t7-/m0/s1. The molecule has 1 aromatic carbocycles. The maximum absolute atomic E-state index is 11.5. The third-order valence-corrected chi connectivity index (χ3v) is 3.47. The Balaban J connectivity index is 2.60. The third-order valence-electron chi connectivity index (χ3n) is 1.83. The van der Waals surface area contributed by atoms with Crippen molar-refractivity contribution in [2.75, 3.05) is 11.6 Å². The van der Waals surface area contributed by atoms with Gasteiger partial charge in [-0.1, -0.05) is 0 Å². The van der Waals surface area contributed by atoms with E-state index in [1.54, 1.807) is 11.8 Å². The molecule has 0 spiro atoms. The predicted molar refractivity (Wildman–Crippen MR) is 70.8 cm³/mol. The zero-order chi connectivity index (χ0) is 10.6. The van der Waals surface area contributed by atoms with Crippen LogP contribution in [0.1, 0.15) is 6.92 Å². The van der Waals surface area contributed by atoms with Crippen molar-refractivity contribution in [3.63, 3.8) is 0 Å². The highest BCUT2D eigenvalue weighted by molar-refractivity contribution is 14.1. The van der Waals surface area contributed by atoms with E-state index in [9.17, 15) is 4.79 Å². The van der Waals surface area contributed by atoms with Crippen LogP contribution in [0.2, 0.25) is 0 Å². The Labute approximate surface area is 102 Å².